The van der Waals surface area contributed by atoms with Crippen molar-refractivity contribution in [1.82, 2.24) is 10.3 Å². The Balaban J connectivity index is 1.81. The molecule has 3 heteroatoms. The van der Waals surface area contributed by atoms with E-state index in [1.807, 2.05) is 0 Å². The van der Waals surface area contributed by atoms with Gasteiger partial charge in [0.15, 0.2) is 0 Å². The molecule has 0 aliphatic carbocycles. The van der Waals surface area contributed by atoms with Crippen LogP contribution in [0.1, 0.15) is 42.5 Å². The van der Waals surface area contributed by atoms with Crippen LogP contribution < -0.4 is 5.32 Å². The van der Waals surface area contributed by atoms with Gasteiger partial charge in [0.05, 0.1) is 5.01 Å². The second-order valence-electron chi connectivity index (χ2n) is 5.62. The maximum Gasteiger partial charge on any atom is 0.0943 e. The molecule has 0 fully saturated rings. The molecule has 0 aliphatic rings. The van der Waals surface area contributed by atoms with E-state index in [9.17, 15) is 0 Å². The van der Waals surface area contributed by atoms with Crippen LogP contribution in [-0.4, -0.2) is 17.6 Å². The van der Waals surface area contributed by atoms with Crippen molar-refractivity contribution >= 4 is 11.3 Å². The van der Waals surface area contributed by atoms with E-state index in [1.54, 1.807) is 11.3 Å². The molecule has 1 aromatic carbocycles. The van der Waals surface area contributed by atoms with E-state index < -0.39 is 0 Å². The fourth-order valence-electron chi connectivity index (χ4n) is 2.53. The predicted octanol–water partition coefficient (Wildman–Crippen LogP) is 4.39. The molecule has 21 heavy (non-hydrogen) atoms. The predicted molar refractivity (Wildman–Crippen MR) is 92.0 cm³/mol. The Morgan fingerprint density at radius 1 is 1.24 bits per heavy atom. The molecule has 0 aliphatic heterocycles. The lowest BCUT2D eigenvalue weighted by atomic mass is 10.0. The average molecular weight is 302 g/mol. The summed E-state index contributed by atoms with van der Waals surface area (Å²) in [6.07, 6.45) is 5.87. The third-order valence-corrected chi connectivity index (χ3v) is 4.62. The quantitative estimate of drug-likeness (QED) is 0.743. The Morgan fingerprint density at radius 3 is 2.71 bits per heavy atom. The van der Waals surface area contributed by atoms with Gasteiger partial charge in [0, 0.05) is 23.5 Å². The van der Waals surface area contributed by atoms with Gasteiger partial charge in [-0.2, -0.15) is 0 Å². The summed E-state index contributed by atoms with van der Waals surface area (Å²) in [5.74, 6) is 0. The molecule has 0 spiro atoms. The van der Waals surface area contributed by atoms with Crippen molar-refractivity contribution in [2.45, 2.75) is 52.0 Å². The van der Waals surface area contributed by atoms with Crippen LogP contribution in [0.2, 0.25) is 0 Å². The van der Waals surface area contributed by atoms with Crippen LogP contribution in [0.5, 0.6) is 0 Å². The Bertz CT molecular complexity index is 507. The van der Waals surface area contributed by atoms with Gasteiger partial charge in [-0.3, -0.25) is 0 Å². The monoisotopic (exact) mass is 302 g/mol. The number of rotatable bonds is 9. The van der Waals surface area contributed by atoms with Crippen molar-refractivity contribution in [3.05, 3.63) is 52.0 Å². The summed E-state index contributed by atoms with van der Waals surface area (Å²) in [5.41, 5.74) is 2.59. The summed E-state index contributed by atoms with van der Waals surface area (Å²) in [6.45, 7) is 5.39. The first-order valence-electron chi connectivity index (χ1n) is 7.96. The zero-order chi connectivity index (χ0) is 14.9. The maximum atomic E-state index is 4.60. The molecule has 1 atom stereocenters. The first kappa shape index (κ1) is 16.2. The molecular formula is C18H26N2S. The molecule has 0 amide bonds. The lowest BCUT2D eigenvalue weighted by Gasteiger charge is -2.17. The van der Waals surface area contributed by atoms with Crippen molar-refractivity contribution < 1.29 is 0 Å². The molecule has 1 unspecified atom stereocenters. The number of hydrogen-bond donors (Lipinski definition) is 1. The number of nitrogens with zero attached hydrogens (tertiary/aromatic N) is 1. The summed E-state index contributed by atoms with van der Waals surface area (Å²) >= 11 is 1.79. The van der Waals surface area contributed by atoms with E-state index in [-0.39, 0.29) is 0 Å². The third kappa shape index (κ3) is 5.98. The fourth-order valence-corrected chi connectivity index (χ4v) is 3.38. The van der Waals surface area contributed by atoms with Gasteiger partial charge in [0.1, 0.15) is 0 Å². The van der Waals surface area contributed by atoms with Crippen LogP contribution >= 0.6 is 11.3 Å². The van der Waals surface area contributed by atoms with Crippen LogP contribution in [0.25, 0.3) is 0 Å². The molecule has 0 saturated heterocycles. The Labute approximate surface area is 132 Å². The summed E-state index contributed by atoms with van der Waals surface area (Å²) in [6, 6.07) is 11.3. The third-order valence-electron chi connectivity index (χ3n) is 3.63. The van der Waals surface area contributed by atoms with Gasteiger partial charge in [-0.15, -0.1) is 11.3 Å². The van der Waals surface area contributed by atoms with E-state index in [1.165, 1.54) is 36.3 Å². The largest absolute Gasteiger partial charge is 0.314 e. The number of nitrogens with one attached hydrogen (secondary N) is 1. The zero-order valence-electron chi connectivity index (χ0n) is 13.1. The van der Waals surface area contributed by atoms with Gasteiger partial charge in [0.25, 0.3) is 0 Å². The van der Waals surface area contributed by atoms with Crippen molar-refractivity contribution in [2.75, 3.05) is 6.54 Å². The van der Waals surface area contributed by atoms with Gasteiger partial charge in [0.2, 0.25) is 0 Å². The maximum absolute atomic E-state index is 4.60. The van der Waals surface area contributed by atoms with E-state index in [0.717, 1.165) is 18.7 Å². The molecule has 2 nitrogen and oxygen atoms in total. The molecule has 2 rings (SSSR count). The smallest absolute Gasteiger partial charge is 0.0943 e. The number of aryl methyl sites for hydroxylation is 2. The Kier molecular flexibility index (Phi) is 6.90. The highest BCUT2D eigenvalue weighted by Gasteiger charge is 2.11. The first-order valence-corrected chi connectivity index (χ1v) is 8.84. The van der Waals surface area contributed by atoms with Crippen molar-refractivity contribution in [3.63, 3.8) is 0 Å². The highest BCUT2D eigenvalue weighted by Crippen LogP contribution is 2.14. The minimum Gasteiger partial charge on any atom is -0.314 e. The Morgan fingerprint density at radius 2 is 2.05 bits per heavy atom. The molecule has 2 aromatic rings. The van der Waals surface area contributed by atoms with E-state index in [2.05, 4.69) is 59.9 Å². The SMILES string of the molecule is CCCNC(CCCc1ccccc1)Cc1nc(C)cs1. The molecule has 1 aromatic heterocycles. The molecule has 0 radical (unpaired) electrons. The van der Waals surface area contributed by atoms with E-state index in [4.69, 9.17) is 0 Å². The lowest BCUT2D eigenvalue weighted by Crippen LogP contribution is -2.31. The van der Waals surface area contributed by atoms with Crippen molar-refractivity contribution in [2.24, 2.45) is 0 Å². The van der Waals surface area contributed by atoms with E-state index >= 15 is 0 Å². The molecule has 1 heterocycles. The topological polar surface area (TPSA) is 24.9 Å². The van der Waals surface area contributed by atoms with Gasteiger partial charge >= 0.3 is 0 Å². The first-order chi connectivity index (χ1) is 10.3. The van der Waals surface area contributed by atoms with Crippen LogP contribution in [-0.2, 0) is 12.8 Å². The molecule has 1 N–H and O–H groups in total. The summed E-state index contributed by atoms with van der Waals surface area (Å²) in [7, 11) is 0. The van der Waals surface area contributed by atoms with Gasteiger partial charge < -0.3 is 5.32 Å². The van der Waals surface area contributed by atoms with Gasteiger partial charge in [-0.25, -0.2) is 4.98 Å². The van der Waals surface area contributed by atoms with Crippen LogP contribution in [0.15, 0.2) is 35.7 Å². The van der Waals surface area contributed by atoms with Crippen LogP contribution in [0.4, 0.5) is 0 Å². The standard InChI is InChI=1S/C18H26N2S/c1-3-12-19-17(13-18-20-15(2)14-21-18)11-7-10-16-8-5-4-6-9-16/h4-6,8-9,14,17,19H,3,7,10-13H2,1-2H3. The number of hydrogen-bond acceptors (Lipinski definition) is 3. The minimum absolute atomic E-state index is 0.555. The number of aromatic nitrogens is 1. The summed E-state index contributed by atoms with van der Waals surface area (Å²) in [5, 5.41) is 7.09. The summed E-state index contributed by atoms with van der Waals surface area (Å²) < 4.78 is 0. The molecule has 0 bridgehead atoms. The minimum atomic E-state index is 0.555. The van der Waals surface area contributed by atoms with Crippen LogP contribution in [0.3, 0.4) is 0 Å². The highest BCUT2D eigenvalue weighted by atomic mass is 32.1. The molecule has 114 valence electrons. The zero-order valence-corrected chi connectivity index (χ0v) is 14.0. The van der Waals surface area contributed by atoms with Crippen molar-refractivity contribution in [1.29, 1.82) is 0 Å². The van der Waals surface area contributed by atoms with Crippen LogP contribution in [0, 0.1) is 6.92 Å². The van der Waals surface area contributed by atoms with Gasteiger partial charge in [-0.05, 0) is 44.7 Å². The lowest BCUT2D eigenvalue weighted by molar-refractivity contribution is 0.464. The highest BCUT2D eigenvalue weighted by molar-refractivity contribution is 7.09. The van der Waals surface area contributed by atoms with Crippen molar-refractivity contribution in [3.8, 4) is 0 Å². The average Bonchev–Trinajstić information content (AvgIpc) is 2.91. The summed E-state index contributed by atoms with van der Waals surface area (Å²) in [4.78, 5) is 4.60. The normalized spacial score (nSPS) is 12.5. The Hall–Kier alpha value is -1.19. The second-order valence-corrected chi connectivity index (χ2v) is 6.56. The molecule has 0 saturated carbocycles. The fraction of sp³-hybridized carbons (Fsp3) is 0.500. The number of benzene rings is 1. The number of thiazole rings is 1. The second kappa shape index (κ2) is 8.96. The van der Waals surface area contributed by atoms with E-state index in [0.29, 0.717) is 6.04 Å². The molecular weight excluding hydrogens is 276 g/mol. The van der Waals surface area contributed by atoms with Gasteiger partial charge in [-0.1, -0.05) is 37.3 Å².